The number of aromatic nitrogens is 2. The van der Waals surface area contributed by atoms with Crippen molar-refractivity contribution in [2.45, 2.75) is 26.7 Å². The molecule has 0 spiro atoms. The first kappa shape index (κ1) is 12.9. The predicted molar refractivity (Wildman–Crippen MR) is 72.7 cm³/mol. The zero-order valence-corrected chi connectivity index (χ0v) is 11.3. The molecule has 0 atom stereocenters. The molecule has 0 aliphatic heterocycles. The molecule has 0 bridgehead atoms. The third-order valence-corrected chi connectivity index (χ3v) is 3.29. The van der Waals surface area contributed by atoms with Crippen molar-refractivity contribution in [3.8, 4) is 0 Å². The Kier molecular flexibility index (Phi) is 3.87. The number of hydrogen-bond donors (Lipinski definition) is 1. The molecule has 0 saturated carbocycles. The fourth-order valence-electron chi connectivity index (χ4n) is 1.99. The Balaban J connectivity index is 2.37. The van der Waals surface area contributed by atoms with E-state index in [9.17, 15) is 4.39 Å². The number of aromatic amines is 1. The Morgan fingerprint density at radius 2 is 2.06 bits per heavy atom. The molecule has 0 unspecified atom stereocenters. The van der Waals surface area contributed by atoms with Crippen LogP contribution in [0.15, 0.2) is 24.3 Å². The maximum atomic E-state index is 13.6. The third kappa shape index (κ3) is 2.64. The third-order valence-electron chi connectivity index (χ3n) is 2.95. The second-order valence-electron chi connectivity index (χ2n) is 4.21. The molecule has 1 aromatic heterocycles. The summed E-state index contributed by atoms with van der Waals surface area (Å²) in [6, 6.07) is 6.72. The fraction of sp³-hybridized carbons (Fsp3) is 0.286. The SMILES string of the molecule is CCc1c(C)[nH]c(Cc2ccccc2F)nc1=S. The van der Waals surface area contributed by atoms with Crippen LogP contribution in [-0.4, -0.2) is 9.97 Å². The van der Waals surface area contributed by atoms with Crippen LogP contribution in [0.25, 0.3) is 0 Å². The van der Waals surface area contributed by atoms with Gasteiger partial charge in [-0.3, -0.25) is 0 Å². The summed E-state index contributed by atoms with van der Waals surface area (Å²) in [7, 11) is 0. The molecule has 1 aromatic carbocycles. The summed E-state index contributed by atoms with van der Waals surface area (Å²) >= 11 is 5.25. The first-order valence-electron chi connectivity index (χ1n) is 5.94. The molecule has 0 radical (unpaired) electrons. The highest BCUT2D eigenvalue weighted by Gasteiger charge is 2.07. The average molecular weight is 262 g/mol. The van der Waals surface area contributed by atoms with E-state index in [1.165, 1.54) is 6.07 Å². The molecular formula is C14H15FN2S. The van der Waals surface area contributed by atoms with E-state index in [1.807, 2.05) is 19.9 Å². The number of nitrogens with zero attached hydrogens (tertiary/aromatic N) is 1. The first-order valence-corrected chi connectivity index (χ1v) is 6.34. The highest BCUT2D eigenvalue weighted by Crippen LogP contribution is 2.13. The molecule has 0 fully saturated rings. The van der Waals surface area contributed by atoms with Gasteiger partial charge < -0.3 is 4.98 Å². The molecule has 0 amide bonds. The molecule has 18 heavy (non-hydrogen) atoms. The van der Waals surface area contributed by atoms with Crippen LogP contribution in [0.1, 0.15) is 29.6 Å². The van der Waals surface area contributed by atoms with E-state index in [0.29, 0.717) is 22.4 Å². The van der Waals surface area contributed by atoms with Crippen LogP contribution in [0.2, 0.25) is 0 Å². The van der Waals surface area contributed by atoms with Crippen molar-refractivity contribution in [2.75, 3.05) is 0 Å². The Morgan fingerprint density at radius 1 is 1.33 bits per heavy atom. The standard InChI is InChI=1S/C14H15FN2S/c1-3-11-9(2)16-13(17-14(11)18)8-10-6-4-5-7-12(10)15/h4-7H,3,8H2,1-2H3,(H,16,17,18). The topological polar surface area (TPSA) is 28.7 Å². The number of benzene rings is 1. The lowest BCUT2D eigenvalue weighted by Crippen LogP contribution is -2.04. The maximum Gasteiger partial charge on any atom is 0.133 e. The molecule has 0 aliphatic rings. The van der Waals surface area contributed by atoms with Gasteiger partial charge in [0.25, 0.3) is 0 Å². The largest absolute Gasteiger partial charge is 0.347 e. The molecule has 0 aliphatic carbocycles. The quantitative estimate of drug-likeness (QED) is 0.854. The van der Waals surface area contributed by atoms with E-state index >= 15 is 0 Å². The monoisotopic (exact) mass is 262 g/mol. The molecular weight excluding hydrogens is 247 g/mol. The molecule has 2 nitrogen and oxygen atoms in total. The van der Waals surface area contributed by atoms with E-state index < -0.39 is 0 Å². The summed E-state index contributed by atoms with van der Waals surface area (Å²) in [4.78, 5) is 7.53. The molecule has 94 valence electrons. The highest BCUT2D eigenvalue weighted by atomic mass is 32.1. The van der Waals surface area contributed by atoms with E-state index in [0.717, 1.165) is 17.7 Å². The number of halogens is 1. The molecule has 1 N–H and O–H groups in total. The lowest BCUT2D eigenvalue weighted by molar-refractivity contribution is 0.612. The number of aryl methyl sites for hydroxylation is 1. The predicted octanol–water partition coefficient (Wildman–Crippen LogP) is 3.74. The second kappa shape index (κ2) is 5.40. The van der Waals surface area contributed by atoms with Crippen LogP contribution in [0.5, 0.6) is 0 Å². The summed E-state index contributed by atoms with van der Waals surface area (Å²) < 4.78 is 14.2. The number of hydrogen-bond acceptors (Lipinski definition) is 2. The molecule has 0 saturated heterocycles. The van der Waals surface area contributed by atoms with Gasteiger partial charge in [0.2, 0.25) is 0 Å². The Morgan fingerprint density at radius 3 is 2.67 bits per heavy atom. The minimum Gasteiger partial charge on any atom is -0.347 e. The van der Waals surface area contributed by atoms with E-state index in [4.69, 9.17) is 12.2 Å². The summed E-state index contributed by atoms with van der Waals surface area (Å²) in [5, 5.41) is 0. The van der Waals surface area contributed by atoms with Gasteiger partial charge in [-0.1, -0.05) is 37.3 Å². The van der Waals surface area contributed by atoms with Gasteiger partial charge in [0, 0.05) is 17.7 Å². The van der Waals surface area contributed by atoms with Crippen molar-refractivity contribution in [1.29, 1.82) is 0 Å². The Labute approximate surface area is 111 Å². The summed E-state index contributed by atoms with van der Waals surface area (Å²) in [6.45, 7) is 4.02. The lowest BCUT2D eigenvalue weighted by atomic mass is 10.1. The van der Waals surface area contributed by atoms with Crippen molar-refractivity contribution < 1.29 is 4.39 Å². The highest BCUT2D eigenvalue weighted by molar-refractivity contribution is 7.71. The normalized spacial score (nSPS) is 10.6. The average Bonchev–Trinajstić information content (AvgIpc) is 2.32. The van der Waals surface area contributed by atoms with E-state index in [-0.39, 0.29) is 5.82 Å². The van der Waals surface area contributed by atoms with Crippen LogP contribution in [0.4, 0.5) is 4.39 Å². The van der Waals surface area contributed by atoms with Gasteiger partial charge in [-0.2, -0.15) is 0 Å². The van der Waals surface area contributed by atoms with Crippen molar-refractivity contribution in [3.05, 3.63) is 57.4 Å². The molecule has 4 heteroatoms. The van der Waals surface area contributed by atoms with Gasteiger partial charge in [0.05, 0.1) is 0 Å². The number of rotatable bonds is 3. The Bertz CT molecular complexity index is 619. The number of nitrogens with one attached hydrogen (secondary N) is 1. The second-order valence-corrected chi connectivity index (χ2v) is 4.60. The van der Waals surface area contributed by atoms with Crippen LogP contribution in [0, 0.1) is 17.4 Å². The van der Waals surface area contributed by atoms with Crippen molar-refractivity contribution in [1.82, 2.24) is 9.97 Å². The van der Waals surface area contributed by atoms with Gasteiger partial charge >= 0.3 is 0 Å². The van der Waals surface area contributed by atoms with Crippen molar-refractivity contribution in [2.24, 2.45) is 0 Å². The van der Waals surface area contributed by atoms with Gasteiger partial charge in [0.15, 0.2) is 0 Å². The van der Waals surface area contributed by atoms with E-state index in [1.54, 1.807) is 12.1 Å². The van der Waals surface area contributed by atoms with Crippen LogP contribution < -0.4 is 0 Å². The van der Waals surface area contributed by atoms with Crippen molar-refractivity contribution in [3.63, 3.8) is 0 Å². The summed E-state index contributed by atoms with van der Waals surface area (Å²) in [5.74, 6) is 0.496. The van der Waals surface area contributed by atoms with Gasteiger partial charge in [-0.25, -0.2) is 9.37 Å². The zero-order chi connectivity index (χ0) is 13.1. The zero-order valence-electron chi connectivity index (χ0n) is 10.5. The molecule has 2 aromatic rings. The maximum absolute atomic E-state index is 13.6. The van der Waals surface area contributed by atoms with Crippen molar-refractivity contribution >= 4 is 12.2 Å². The molecule has 1 heterocycles. The van der Waals surface area contributed by atoms with Crippen LogP contribution in [-0.2, 0) is 12.8 Å². The van der Waals surface area contributed by atoms with E-state index in [2.05, 4.69) is 9.97 Å². The van der Waals surface area contributed by atoms with Gasteiger partial charge in [-0.05, 0) is 25.0 Å². The number of H-pyrrole nitrogens is 1. The molecule has 2 rings (SSSR count). The Hall–Kier alpha value is -1.55. The first-order chi connectivity index (χ1) is 8.61. The fourth-order valence-corrected chi connectivity index (χ4v) is 2.40. The van der Waals surface area contributed by atoms with Crippen LogP contribution in [0.3, 0.4) is 0 Å². The minimum absolute atomic E-state index is 0.212. The van der Waals surface area contributed by atoms with Gasteiger partial charge in [0.1, 0.15) is 16.3 Å². The van der Waals surface area contributed by atoms with Crippen LogP contribution >= 0.6 is 12.2 Å². The summed E-state index contributed by atoms with van der Waals surface area (Å²) in [5.41, 5.74) is 2.70. The minimum atomic E-state index is -0.212. The summed E-state index contributed by atoms with van der Waals surface area (Å²) in [6.07, 6.45) is 1.29. The smallest absolute Gasteiger partial charge is 0.133 e. The lowest BCUT2D eigenvalue weighted by Gasteiger charge is -2.08. The van der Waals surface area contributed by atoms with Gasteiger partial charge in [-0.15, -0.1) is 0 Å².